The predicted octanol–water partition coefficient (Wildman–Crippen LogP) is 4.26. The van der Waals surface area contributed by atoms with Crippen molar-refractivity contribution in [2.24, 2.45) is 0 Å². The third-order valence-electron chi connectivity index (χ3n) is 3.39. The van der Waals surface area contributed by atoms with E-state index in [1.54, 1.807) is 13.0 Å². The van der Waals surface area contributed by atoms with Gasteiger partial charge < -0.3 is 10.0 Å². The van der Waals surface area contributed by atoms with Crippen molar-refractivity contribution in [2.45, 2.75) is 26.9 Å². The van der Waals surface area contributed by atoms with Crippen LogP contribution in [0.1, 0.15) is 29.7 Å². The Morgan fingerprint density at radius 3 is 2.20 bits per heavy atom. The molecule has 0 amide bonds. The van der Waals surface area contributed by atoms with E-state index in [1.807, 2.05) is 25.8 Å². The van der Waals surface area contributed by atoms with Crippen LogP contribution >= 0.6 is 0 Å². The summed E-state index contributed by atoms with van der Waals surface area (Å²) in [6.45, 7) is 5.74. The summed E-state index contributed by atoms with van der Waals surface area (Å²) in [6, 6.07) is 10.8. The molecular formula is C17H20FNO. The Labute approximate surface area is 119 Å². The van der Waals surface area contributed by atoms with Crippen LogP contribution in [0.4, 0.5) is 15.8 Å². The lowest BCUT2D eigenvalue weighted by molar-refractivity contribution is 0.199. The first-order valence-electron chi connectivity index (χ1n) is 6.68. The van der Waals surface area contributed by atoms with E-state index in [0.29, 0.717) is 5.56 Å². The predicted molar refractivity (Wildman–Crippen MR) is 81.0 cm³/mol. The maximum atomic E-state index is 13.4. The van der Waals surface area contributed by atoms with Crippen molar-refractivity contribution in [2.75, 3.05) is 11.9 Å². The summed E-state index contributed by atoms with van der Waals surface area (Å²) in [6.07, 6.45) is -0.714. The standard InChI is InChI=1S/C17H20FNO/c1-11-7-12(2)9-15(8-11)19(4)17-6-5-14(18)10-16(17)13(3)20/h5-10,13,20H,1-4H3/t13-/m1/s1. The van der Waals surface area contributed by atoms with Crippen molar-refractivity contribution < 1.29 is 9.50 Å². The minimum atomic E-state index is -0.714. The number of aliphatic hydroxyl groups excluding tert-OH is 1. The molecule has 0 saturated heterocycles. The minimum Gasteiger partial charge on any atom is -0.389 e. The maximum absolute atomic E-state index is 13.4. The van der Waals surface area contributed by atoms with Crippen LogP contribution in [-0.4, -0.2) is 12.2 Å². The Bertz CT molecular complexity index is 602. The van der Waals surface area contributed by atoms with Gasteiger partial charge in [0, 0.05) is 24.0 Å². The van der Waals surface area contributed by atoms with Crippen LogP contribution in [0.15, 0.2) is 36.4 Å². The van der Waals surface area contributed by atoms with Crippen molar-refractivity contribution in [3.8, 4) is 0 Å². The van der Waals surface area contributed by atoms with Gasteiger partial charge in [0.15, 0.2) is 0 Å². The van der Waals surface area contributed by atoms with Crippen LogP contribution in [0.3, 0.4) is 0 Å². The lowest BCUT2D eigenvalue weighted by Crippen LogP contribution is -2.13. The number of nitrogens with zero attached hydrogens (tertiary/aromatic N) is 1. The molecule has 20 heavy (non-hydrogen) atoms. The first kappa shape index (κ1) is 14.5. The summed E-state index contributed by atoms with van der Waals surface area (Å²) in [5.41, 5.74) is 4.77. The van der Waals surface area contributed by atoms with Crippen LogP contribution < -0.4 is 4.90 Å². The second kappa shape index (κ2) is 5.63. The quantitative estimate of drug-likeness (QED) is 0.903. The first-order valence-corrected chi connectivity index (χ1v) is 6.68. The Hall–Kier alpha value is -1.87. The molecule has 0 aliphatic carbocycles. The van der Waals surface area contributed by atoms with E-state index < -0.39 is 6.10 Å². The molecule has 0 spiro atoms. The molecule has 0 aliphatic rings. The number of hydrogen-bond acceptors (Lipinski definition) is 2. The smallest absolute Gasteiger partial charge is 0.123 e. The molecule has 0 bridgehead atoms. The summed E-state index contributed by atoms with van der Waals surface area (Å²) in [5, 5.41) is 9.84. The van der Waals surface area contributed by atoms with E-state index in [1.165, 1.54) is 23.3 Å². The highest BCUT2D eigenvalue weighted by Crippen LogP contribution is 2.32. The van der Waals surface area contributed by atoms with E-state index in [4.69, 9.17) is 0 Å². The number of halogens is 1. The Kier molecular flexibility index (Phi) is 4.09. The summed E-state index contributed by atoms with van der Waals surface area (Å²) < 4.78 is 13.4. The zero-order valence-electron chi connectivity index (χ0n) is 12.3. The average Bonchev–Trinajstić information content (AvgIpc) is 2.36. The number of rotatable bonds is 3. The van der Waals surface area contributed by atoms with Crippen LogP contribution in [0.2, 0.25) is 0 Å². The second-order valence-electron chi connectivity index (χ2n) is 5.28. The highest BCUT2D eigenvalue weighted by molar-refractivity contribution is 5.67. The fraction of sp³-hybridized carbons (Fsp3) is 0.294. The lowest BCUT2D eigenvalue weighted by Gasteiger charge is -2.24. The summed E-state index contributed by atoms with van der Waals surface area (Å²) in [4.78, 5) is 1.97. The highest BCUT2D eigenvalue weighted by atomic mass is 19.1. The molecule has 2 rings (SSSR count). The van der Waals surface area contributed by atoms with E-state index in [9.17, 15) is 9.50 Å². The average molecular weight is 273 g/mol. The van der Waals surface area contributed by atoms with Gasteiger partial charge in [-0.3, -0.25) is 0 Å². The topological polar surface area (TPSA) is 23.5 Å². The van der Waals surface area contributed by atoms with E-state index in [-0.39, 0.29) is 5.82 Å². The molecule has 0 radical (unpaired) electrons. The SMILES string of the molecule is Cc1cc(C)cc(N(C)c2ccc(F)cc2[C@@H](C)O)c1. The molecule has 2 aromatic carbocycles. The van der Waals surface area contributed by atoms with Gasteiger partial charge in [0.1, 0.15) is 5.82 Å². The molecule has 2 aromatic rings. The molecule has 106 valence electrons. The summed E-state index contributed by atoms with van der Waals surface area (Å²) in [7, 11) is 1.92. The lowest BCUT2D eigenvalue weighted by atomic mass is 10.1. The monoisotopic (exact) mass is 273 g/mol. The largest absolute Gasteiger partial charge is 0.389 e. The van der Waals surface area contributed by atoms with Crippen LogP contribution in [0, 0.1) is 19.7 Å². The number of aryl methyl sites for hydroxylation is 2. The fourth-order valence-electron chi connectivity index (χ4n) is 2.45. The molecule has 1 atom stereocenters. The van der Waals surface area contributed by atoms with Gasteiger partial charge >= 0.3 is 0 Å². The van der Waals surface area contributed by atoms with Gasteiger partial charge in [-0.25, -0.2) is 4.39 Å². The number of benzene rings is 2. The molecule has 0 heterocycles. The molecule has 0 saturated carbocycles. The molecule has 3 heteroatoms. The zero-order chi connectivity index (χ0) is 14.9. The van der Waals surface area contributed by atoms with Crippen molar-refractivity contribution in [1.29, 1.82) is 0 Å². The minimum absolute atomic E-state index is 0.335. The van der Waals surface area contributed by atoms with Gasteiger partial charge in [0.25, 0.3) is 0 Å². The molecule has 2 nitrogen and oxygen atoms in total. The molecule has 1 N–H and O–H groups in total. The van der Waals surface area contributed by atoms with Gasteiger partial charge in [-0.15, -0.1) is 0 Å². The molecule has 0 aromatic heterocycles. The molecule has 0 fully saturated rings. The molecule has 0 unspecified atom stereocenters. The van der Waals surface area contributed by atoms with Gasteiger partial charge in [0.2, 0.25) is 0 Å². The van der Waals surface area contributed by atoms with Gasteiger partial charge in [-0.2, -0.15) is 0 Å². The van der Waals surface area contributed by atoms with Crippen molar-refractivity contribution in [3.05, 3.63) is 58.9 Å². The zero-order valence-corrected chi connectivity index (χ0v) is 12.3. The van der Waals surface area contributed by atoms with Gasteiger partial charge in [-0.05, 0) is 62.2 Å². The number of anilines is 2. The van der Waals surface area contributed by atoms with Crippen LogP contribution in [0.5, 0.6) is 0 Å². The van der Waals surface area contributed by atoms with Crippen LogP contribution in [-0.2, 0) is 0 Å². The van der Waals surface area contributed by atoms with E-state index in [2.05, 4.69) is 18.2 Å². The Morgan fingerprint density at radius 1 is 1.05 bits per heavy atom. The van der Waals surface area contributed by atoms with Gasteiger partial charge in [0.05, 0.1) is 6.10 Å². The molecule has 0 aliphatic heterocycles. The van der Waals surface area contributed by atoms with Crippen LogP contribution in [0.25, 0.3) is 0 Å². The van der Waals surface area contributed by atoms with E-state index in [0.717, 1.165) is 11.4 Å². The van der Waals surface area contributed by atoms with Crippen molar-refractivity contribution in [1.82, 2.24) is 0 Å². The maximum Gasteiger partial charge on any atom is 0.123 e. The second-order valence-corrected chi connectivity index (χ2v) is 5.28. The fourth-order valence-corrected chi connectivity index (χ4v) is 2.45. The third kappa shape index (κ3) is 2.99. The van der Waals surface area contributed by atoms with E-state index >= 15 is 0 Å². The first-order chi connectivity index (χ1) is 9.38. The molecular weight excluding hydrogens is 253 g/mol. The van der Waals surface area contributed by atoms with Crippen molar-refractivity contribution in [3.63, 3.8) is 0 Å². The van der Waals surface area contributed by atoms with Crippen molar-refractivity contribution >= 4 is 11.4 Å². The summed E-state index contributed by atoms with van der Waals surface area (Å²) >= 11 is 0. The third-order valence-corrected chi connectivity index (χ3v) is 3.39. The number of hydrogen-bond donors (Lipinski definition) is 1. The summed E-state index contributed by atoms with van der Waals surface area (Å²) in [5.74, 6) is -0.335. The van der Waals surface area contributed by atoms with Gasteiger partial charge in [-0.1, -0.05) is 6.07 Å². The Balaban J connectivity index is 2.50. The Morgan fingerprint density at radius 2 is 1.65 bits per heavy atom. The number of aliphatic hydroxyl groups is 1. The normalized spacial score (nSPS) is 12.3. The highest BCUT2D eigenvalue weighted by Gasteiger charge is 2.14.